The Morgan fingerprint density at radius 2 is 1.43 bits per heavy atom. The van der Waals surface area contributed by atoms with Crippen molar-refractivity contribution in [2.75, 3.05) is 18.1 Å². The number of ether oxygens (including phenoxy) is 1. The zero-order valence-corrected chi connectivity index (χ0v) is 19.7. The molecule has 35 heavy (non-hydrogen) atoms. The van der Waals surface area contributed by atoms with Gasteiger partial charge in [0, 0.05) is 11.6 Å². The van der Waals surface area contributed by atoms with Crippen LogP contribution in [0.3, 0.4) is 0 Å². The molecule has 1 aliphatic rings. The highest BCUT2D eigenvalue weighted by molar-refractivity contribution is 6.01. The molecule has 0 fully saturated rings. The molecule has 0 saturated heterocycles. The first-order valence-electron chi connectivity index (χ1n) is 11.6. The number of aliphatic carboxylic acids is 1. The molecule has 180 valence electrons. The molecule has 2 N–H and O–H groups in total. The van der Waals surface area contributed by atoms with Crippen molar-refractivity contribution < 1.29 is 24.2 Å². The summed E-state index contributed by atoms with van der Waals surface area (Å²) in [5.74, 6) is -2.05. The number of nitrogens with one attached hydrogen (secondary N) is 1. The zero-order chi connectivity index (χ0) is 24.9. The summed E-state index contributed by atoms with van der Waals surface area (Å²) in [6, 6.07) is 23.7. The van der Waals surface area contributed by atoms with Gasteiger partial charge in [0.15, 0.2) is 0 Å². The second kappa shape index (κ2) is 10.4. The van der Waals surface area contributed by atoms with Crippen LogP contribution >= 0.6 is 0 Å². The van der Waals surface area contributed by atoms with Gasteiger partial charge in [0.25, 0.3) is 0 Å². The number of nitrogens with zero attached hydrogens (tertiary/aromatic N) is 1. The lowest BCUT2D eigenvalue weighted by atomic mass is 9.98. The summed E-state index contributed by atoms with van der Waals surface area (Å²) in [5.41, 5.74) is 4.88. The first-order chi connectivity index (χ1) is 16.9. The topological polar surface area (TPSA) is 95.9 Å². The fourth-order valence-electron chi connectivity index (χ4n) is 4.49. The van der Waals surface area contributed by atoms with Crippen molar-refractivity contribution in [3.8, 4) is 11.1 Å². The Bertz CT molecular complexity index is 1180. The van der Waals surface area contributed by atoms with Gasteiger partial charge in [-0.25, -0.2) is 4.79 Å². The lowest BCUT2D eigenvalue weighted by Gasteiger charge is -2.28. The maximum atomic E-state index is 13.3. The van der Waals surface area contributed by atoms with E-state index in [4.69, 9.17) is 4.74 Å². The summed E-state index contributed by atoms with van der Waals surface area (Å²) < 4.78 is 5.60. The van der Waals surface area contributed by atoms with E-state index in [0.29, 0.717) is 5.69 Å². The largest absolute Gasteiger partial charge is 0.480 e. The van der Waals surface area contributed by atoms with E-state index in [1.54, 1.807) is 44.2 Å². The highest BCUT2D eigenvalue weighted by Crippen LogP contribution is 2.44. The SMILES string of the molecule is CC(C)C(NC(=O)OCC1c2ccccc2-c2ccccc21)C(=O)N(CC(=O)O)c1ccccc1. The van der Waals surface area contributed by atoms with E-state index in [2.05, 4.69) is 17.4 Å². The molecule has 2 amide bonds. The van der Waals surface area contributed by atoms with Crippen molar-refractivity contribution in [2.24, 2.45) is 5.92 Å². The van der Waals surface area contributed by atoms with E-state index in [0.717, 1.165) is 27.2 Å². The van der Waals surface area contributed by atoms with Crippen LogP contribution in [0.25, 0.3) is 11.1 Å². The van der Waals surface area contributed by atoms with Crippen LogP contribution in [0.4, 0.5) is 10.5 Å². The quantitative estimate of drug-likeness (QED) is 0.497. The van der Waals surface area contributed by atoms with Crippen molar-refractivity contribution in [1.29, 1.82) is 0 Å². The van der Waals surface area contributed by atoms with E-state index in [-0.39, 0.29) is 18.4 Å². The maximum Gasteiger partial charge on any atom is 0.407 e. The van der Waals surface area contributed by atoms with E-state index in [9.17, 15) is 19.5 Å². The molecule has 7 heteroatoms. The van der Waals surface area contributed by atoms with Crippen LogP contribution < -0.4 is 10.2 Å². The molecule has 0 aliphatic heterocycles. The molecule has 1 unspecified atom stereocenters. The Balaban J connectivity index is 1.48. The van der Waals surface area contributed by atoms with Crippen LogP contribution in [-0.2, 0) is 14.3 Å². The van der Waals surface area contributed by atoms with Gasteiger partial charge in [-0.15, -0.1) is 0 Å². The van der Waals surface area contributed by atoms with Crippen LogP contribution in [0.1, 0.15) is 30.9 Å². The second-order valence-electron chi connectivity index (χ2n) is 8.85. The normalized spacial score (nSPS) is 13.0. The number of alkyl carbamates (subject to hydrolysis) is 1. The molecule has 0 aromatic heterocycles. The number of carbonyl (C=O) groups excluding carboxylic acids is 2. The van der Waals surface area contributed by atoms with Crippen LogP contribution in [0.5, 0.6) is 0 Å². The molecule has 0 bridgehead atoms. The van der Waals surface area contributed by atoms with Gasteiger partial charge in [-0.1, -0.05) is 80.6 Å². The number of carbonyl (C=O) groups is 3. The van der Waals surface area contributed by atoms with E-state index in [1.165, 1.54) is 0 Å². The molecule has 3 aromatic rings. The smallest absolute Gasteiger partial charge is 0.407 e. The van der Waals surface area contributed by atoms with Crippen molar-refractivity contribution in [1.82, 2.24) is 5.32 Å². The fraction of sp³-hybridized carbons (Fsp3) is 0.250. The predicted molar refractivity (Wildman–Crippen MR) is 133 cm³/mol. The lowest BCUT2D eigenvalue weighted by Crippen LogP contribution is -2.52. The highest BCUT2D eigenvalue weighted by Gasteiger charge is 2.33. The van der Waals surface area contributed by atoms with Crippen LogP contribution in [0.2, 0.25) is 0 Å². The third-order valence-electron chi connectivity index (χ3n) is 6.18. The third kappa shape index (κ3) is 5.19. The third-order valence-corrected chi connectivity index (χ3v) is 6.18. The maximum absolute atomic E-state index is 13.3. The molecule has 1 atom stereocenters. The number of carboxylic acid groups (broad SMARTS) is 1. The van der Waals surface area contributed by atoms with Gasteiger partial charge >= 0.3 is 12.1 Å². The summed E-state index contributed by atoms with van der Waals surface area (Å²) >= 11 is 0. The fourth-order valence-corrected chi connectivity index (χ4v) is 4.49. The van der Waals surface area contributed by atoms with Gasteiger partial charge in [0.1, 0.15) is 19.2 Å². The number of fused-ring (bicyclic) bond motifs is 3. The Labute approximate surface area is 204 Å². The minimum atomic E-state index is -1.15. The van der Waals surface area contributed by atoms with Gasteiger partial charge < -0.3 is 15.2 Å². The molecule has 3 aromatic carbocycles. The van der Waals surface area contributed by atoms with Gasteiger partial charge in [-0.05, 0) is 40.3 Å². The van der Waals surface area contributed by atoms with Crippen LogP contribution in [0, 0.1) is 5.92 Å². The number of rotatable bonds is 8. The number of hydrogen-bond donors (Lipinski definition) is 2. The molecular weight excluding hydrogens is 444 g/mol. The average molecular weight is 473 g/mol. The van der Waals surface area contributed by atoms with E-state index in [1.807, 2.05) is 36.4 Å². The Morgan fingerprint density at radius 3 is 1.97 bits per heavy atom. The first kappa shape index (κ1) is 24.0. The molecule has 4 rings (SSSR count). The number of anilines is 1. The lowest BCUT2D eigenvalue weighted by molar-refractivity contribution is -0.137. The zero-order valence-electron chi connectivity index (χ0n) is 19.7. The number of carboxylic acids is 1. The van der Waals surface area contributed by atoms with Crippen molar-refractivity contribution >= 4 is 23.7 Å². The predicted octanol–water partition coefficient (Wildman–Crippen LogP) is 4.67. The van der Waals surface area contributed by atoms with Gasteiger partial charge in [0.05, 0.1) is 0 Å². The van der Waals surface area contributed by atoms with E-state index < -0.39 is 30.6 Å². The number of hydrogen-bond acceptors (Lipinski definition) is 4. The summed E-state index contributed by atoms with van der Waals surface area (Å²) in [5, 5.41) is 12.0. The van der Waals surface area contributed by atoms with Gasteiger partial charge in [-0.2, -0.15) is 0 Å². The molecule has 0 spiro atoms. The van der Waals surface area contributed by atoms with Crippen LogP contribution in [-0.4, -0.2) is 42.3 Å². The van der Waals surface area contributed by atoms with E-state index >= 15 is 0 Å². The number of para-hydroxylation sites is 1. The standard InChI is InChI=1S/C28H28N2O5/c1-18(2)26(27(33)30(16-25(31)32)19-10-4-3-5-11-19)29-28(34)35-17-24-22-14-8-6-12-20(22)21-13-7-9-15-23(21)24/h3-15,18,24,26H,16-17H2,1-2H3,(H,29,34)(H,31,32). The first-order valence-corrected chi connectivity index (χ1v) is 11.6. The molecule has 1 aliphatic carbocycles. The molecule has 0 saturated carbocycles. The van der Waals surface area contributed by atoms with Crippen molar-refractivity contribution in [2.45, 2.75) is 25.8 Å². The molecule has 0 heterocycles. The number of benzene rings is 3. The summed E-state index contributed by atoms with van der Waals surface area (Å²) in [4.78, 5) is 38.8. The van der Waals surface area contributed by atoms with Crippen molar-refractivity contribution in [3.05, 3.63) is 90.0 Å². The number of amides is 2. The van der Waals surface area contributed by atoms with Gasteiger partial charge in [0.2, 0.25) is 5.91 Å². The van der Waals surface area contributed by atoms with Gasteiger partial charge in [-0.3, -0.25) is 14.5 Å². The summed E-state index contributed by atoms with van der Waals surface area (Å²) in [6.07, 6.45) is -0.720. The highest BCUT2D eigenvalue weighted by atomic mass is 16.5. The molecular formula is C28H28N2O5. The Hall–Kier alpha value is -4.13. The minimum absolute atomic E-state index is 0.103. The Kier molecular flexibility index (Phi) is 7.15. The summed E-state index contributed by atoms with van der Waals surface area (Å²) in [6.45, 7) is 3.18. The summed E-state index contributed by atoms with van der Waals surface area (Å²) in [7, 11) is 0. The average Bonchev–Trinajstić information content (AvgIpc) is 3.18. The van der Waals surface area contributed by atoms with Crippen LogP contribution in [0.15, 0.2) is 78.9 Å². The second-order valence-corrected chi connectivity index (χ2v) is 8.85. The van der Waals surface area contributed by atoms with Crippen molar-refractivity contribution in [3.63, 3.8) is 0 Å². The molecule has 7 nitrogen and oxygen atoms in total. The Morgan fingerprint density at radius 1 is 0.886 bits per heavy atom. The molecule has 0 radical (unpaired) electrons. The minimum Gasteiger partial charge on any atom is -0.480 e. The monoisotopic (exact) mass is 472 g/mol.